The summed E-state index contributed by atoms with van der Waals surface area (Å²) in [6, 6.07) is 3.17. The summed E-state index contributed by atoms with van der Waals surface area (Å²) in [4.78, 5) is 103. The van der Waals surface area contributed by atoms with Crippen LogP contribution in [-0.2, 0) is 28.8 Å². The van der Waals surface area contributed by atoms with Gasteiger partial charge < -0.3 is 61.8 Å². The summed E-state index contributed by atoms with van der Waals surface area (Å²) in [5.74, 6) is 0.649. The van der Waals surface area contributed by atoms with Crippen LogP contribution >= 0.6 is 24.8 Å². The maximum absolute atomic E-state index is 14.0. The molecule has 2 aromatic heterocycles. The van der Waals surface area contributed by atoms with Gasteiger partial charge in [0, 0.05) is 49.1 Å². The first-order valence-corrected chi connectivity index (χ1v) is 26.8. The number of anilines is 4. The number of nitrogens with zero attached hydrogens (tertiary/aromatic N) is 6. The van der Waals surface area contributed by atoms with Crippen LogP contribution in [0.25, 0.3) is 21.8 Å². The van der Waals surface area contributed by atoms with Gasteiger partial charge in [0.1, 0.15) is 60.0 Å². The van der Waals surface area contributed by atoms with Crippen molar-refractivity contribution in [2.45, 2.75) is 129 Å². The summed E-state index contributed by atoms with van der Waals surface area (Å²) in [5, 5.41) is 26.2. The molecular weight excluding hydrogens is 1040 g/mol. The van der Waals surface area contributed by atoms with Gasteiger partial charge in [-0.05, 0) is 115 Å². The minimum absolute atomic E-state index is 0. The molecule has 4 heterocycles. The van der Waals surface area contributed by atoms with Gasteiger partial charge >= 0.3 is 0 Å². The third-order valence-electron chi connectivity index (χ3n) is 15.3. The van der Waals surface area contributed by atoms with Gasteiger partial charge in [-0.2, -0.15) is 0 Å². The molecule has 0 unspecified atom stereocenters. The summed E-state index contributed by atoms with van der Waals surface area (Å²) >= 11 is 0. The lowest BCUT2D eigenvalue weighted by molar-refractivity contribution is -0.141. The molecule has 2 saturated heterocycles. The minimum Gasteiger partial charge on any atom is -0.494 e. The molecule has 0 spiro atoms. The first-order valence-electron chi connectivity index (χ1n) is 26.8. The number of benzene rings is 2. The van der Waals surface area contributed by atoms with Gasteiger partial charge in [-0.3, -0.25) is 28.8 Å². The van der Waals surface area contributed by atoms with E-state index in [9.17, 15) is 28.8 Å². The van der Waals surface area contributed by atoms with Crippen molar-refractivity contribution in [1.82, 2.24) is 51.0 Å². The highest BCUT2D eigenvalue weighted by Crippen LogP contribution is 2.36. The number of likely N-dealkylation sites (tertiary alicyclic amines) is 2. The number of methoxy groups -OCH3 is 2. The molecule has 1 aliphatic carbocycles. The Morgan fingerprint density at radius 2 is 0.936 bits per heavy atom. The normalized spacial score (nSPS) is 19.7. The van der Waals surface area contributed by atoms with E-state index in [-0.39, 0.29) is 72.1 Å². The van der Waals surface area contributed by atoms with Gasteiger partial charge in [0.05, 0.1) is 48.7 Å². The van der Waals surface area contributed by atoms with E-state index in [0.29, 0.717) is 120 Å². The van der Waals surface area contributed by atoms with E-state index in [0.717, 1.165) is 25.7 Å². The molecule has 428 valence electrons. The van der Waals surface area contributed by atoms with E-state index in [2.05, 4.69) is 62.5 Å². The summed E-state index contributed by atoms with van der Waals surface area (Å²) in [6.45, 7) is 13.1. The second-order valence-electron chi connectivity index (χ2n) is 21.1. The molecule has 0 bridgehead atoms. The smallest absolute Gasteiger partial charge is 0.247 e. The van der Waals surface area contributed by atoms with Crippen LogP contribution in [-0.4, -0.2) is 156 Å². The predicted molar refractivity (Wildman–Crippen MR) is 306 cm³/mol. The third kappa shape index (κ3) is 14.7. The Balaban J connectivity index is 0.00000560. The van der Waals surface area contributed by atoms with Crippen LogP contribution in [0.1, 0.15) is 92.9 Å². The molecule has 0 radical (unpaired) electrons. The van der Waals surface area contributed by atoms with Crippen molar-refractivity contribution in [3.63, 3.8) is 0 Å². The standard InChI is InChI=1S/C54H78N14O8.2ClH/c1-29(2)45(65-49(69)31(5)55-7)53(73)67-19-11-13-41(67)51(71)63-39-21-35-37(23-43(39)75-9)59-27-61-47(35)57-25-33-15-17-34(18-16-33)26-58-48-36-22-40(44(76-10)24-38(36)60-28-62-48)64-52(72)42-14-12-20-68(42)54(74)46(30(3)4)66-50(70)32(6)56-8;;/h21-24,27-34,41-42,45-46,55-56H,11-20,25-26H2,1-10H3,(H,63,71)(H,64,72)(H,65,69)(H,66,70)(H,57,59,61)(H,58,60,62);2*1H/t31-,32-,33?,34?,41-,42-,45-,46-;;/m0../s1. The van der Waals surface area contributed by atoms with Crippen molar-refractivity contribution in [3.05, 3.63) is 36.9 Å². The molecule has 2 aliphatic heterocycles. The number of aromatic nitrogens is 4. The number of ether oxygens (including phenoxy) is 2. The minimum atomic E-state index is -0.782. The average molecular weight is 1120 g/mol. The maximum atomic E-state index is 14.0. The van der Waals surface area contributed by atoms with Crippen molar-refractivity contribution < 1.29 is 38.2 Å². The highest BCUT2D eigenvalue weighted by molar-refractivity contribution is 6.04. The van der Waals surface area contributed by atoms with E-state index in [4.69, 9.17) is 9.47 Å². The number of amides is 6. The number of hydrogen-bond acceptors (Lipinski definition) is 16. The lowest BCUT2D eigenvalue weighted by Gasteiger charge is -2.31. The van der Waals surface area contributed by atoms with E-state index in [1.54, 1.807) is 49.9 Å². The molecule has 22 nitrogen and oxygen atoms in total. The molecule has 1 saturated carbocycles. The summed E-state index contributed by atoms with van der Waals surface area (Å²) < 4.78 is 11.4. The zero-order valence-electron chi connectivity index (χ0n) is 46.5. The lowest BCUT2D eigenvalue weighted by atomic mass is 9.82. The summed E-state index contributed by atoms with van der Waals surface area (Å²) in [6.07, 6.45) is 9.23. The third-order valence-corrected chi connectivity index (χ3v) is 15.3. The summed E-state index contributed by atoms with van der Waals surface area (Å²) in [7, 11) is 6.42. The highest BCUT2D eigenvalue weighted by Gasteiger charge is 2.41. The zero-order valence-corrected chi connectivity index (χ0v) is 48.1. The van der Waals surface area contributed by atoms with E-state index in [1.165, 1.54) is 26.9 Å². The molecule has 6 amide bonds. The van der Waals surface area contributed by atoms with Crippen molar-refractivity contribution in [3.8, 4) is 11.5 Å². The molecule has 6 atom stereocenters. The molecule has 3 fully saturated rings. The Hall–Kier alpha value is -6.36. The highest BCUT2D eigenvalue weighted by atomic mass is 35.5. The van der Waals surface area contributed by atoms with Crippen LogP contribution in [0.2, 0.25) is 0 Å². The second kappa shape index (κ2) is 28.5. The maximum Gasteiger partial charge on any atom is 0.247 e. The molecule has 4 aromatic rings. The Kier molecular flexibility index (Phi) is 22.8. The van der Waals surface area contributed by atoms with Crippen LogP contribution in [0, 0.1) is 23.7 Å². The number of hydrogen-bond donors (Lipinski definition) is 8. The van der Waals surface area contributed by atoms with E-state index < -0.39 is 36.3 Å². The van der Waals surface area contributed by atoms with Crippen molar-refractivity contribution in [2.75, 3.05) is 75.8 Å². The molecule has 3 aliphatic rings. The Morgan fingerprint density at radius 3 is 1.27 bits per heavy atom. The Labute approximate surface area is 469 Å². The number of fused-ring (bicyclic) bond motifs is 2. The number of likely N-dealkylation sites (N-methyl/N-ethyl adjacent to an activating group) is 2. The van der Waals surface area contributed by atoms with Gasteiger partial charge in [0.2, 0.25) is 35.4 Å². The molecule has 78 heavy (non-hydrogen) atoms. The number of nitrogens with one attached hydrogen (secondary N) is 8. The van der Waals surface area contributed by atoms with E-state index >= 15 is 0 Å². The summed E-state index contributed by atoms with van der Waals surface area (Å²) in [5.41, 5.74) is 2.15. The van der Waals surface area contributed by atoms with Gasteiger partial charge in [-0.15, -0.1) is 24.8 Å². The monoisotopic (exact) mass is 1120 g/mol. The number of rotatable bonds is 22. The molecule has 2 aromatic carbocycles. The molecule has 7 rings (SSSR count). The molecule has 8 N–H and O–H groups in total. The zero-order chi connectivity index (χ0) is 54.8. The van der Waals surface area contributed by atoms with Gasteiger partial charge in [0.15, 0.2) is 0 Å². The van der Waals surface area contributed by atoms with Crippen molar-refractivity contribution in [1.29, 1.82) is 0 Å². The fourth-order valence-corrected chi connectivity index (χ4v) is 10.3. The topological polar surface area (TPSA) is 275 Å². The van der Waals surface area contributed by atoms with Crippen LogP contribution in [0.3, 0.4) is 0 Å². The van der Waals surface area contributed by atoms with Crippen LogP contribution < -0.4 is 52.0 Å². The van der Waals surface area contributed by atoms with Crippen molar-refractivity contribution in [2.24, 2.45) is 23.7 Å². The fourth-order valence-electron chi connectivity index (χ4n) is 10.3. The first-order chi connectivity index (χ1) is 36.5. The Bertz CT molecular complexity index is 2560. The average Bonchev–Trinajstić information content (AvgIpc) is 4.13. The second-order valence-corrected chi connectivity index (χ2v) is 21.1. The van der Waals surface area contributed by atoms with Crippen LogP contribution in [0.15, 0.2) is 36.9 Å². The van der Waals surface area contributed by atoms with Gasteiger partial charge in [-0.25, -0.2) is 19.9 Å². The Morgan fingerprint density at radius 1 is 0.564 bits per heavy atom. The van der Waals surface area contributed by atoms with Gasteiger partial charge in [-0.1, -0.05) is 27.7 Å². The quantitative estimate of drug-likeness (QED) is 0.0507. The lowest BCUT2D eigenvalue weighted by Crippen LogP contribution is -2.56. The van der Waals surface area contributed by atoms with Crippen LogP contribution in [0.5, 0.6) is 11.5 Å². The predicted octanol–water partition coefficient (Wildman–Crippen LogP) is 5.12. The first kappa shape index (κ1) is 62.5. The fraction of sp³-hybridized carbons (Fsp3) is 0.593. The largest absolute Gasteiger partial charge is 0.494 e. The number of carbonyl (C=O) groups excluding carboxylic acids is 6. The number of halogens is 2. The molecule has 24 heteroatoms. The van der Waals surface area contributed by atoms with Crippen LogP contribution in [0.4, 0.5) is 23.0 Å². The number of carbonyl (C=O) groups is 6. The SMILES string of the molecule is CN[C@@H](C)C(=O)N[C@H](C(=O)N1CCC[C@H]1C(=O)Nc1cc2c(NCC3CCC(CNc4ncnc5cc(OC)c(NC(=O)[C@@H]6CCCN6C(=O)[C@@H](NC(=O)[C@H](C)NC)C(C)C)cc45)CC3)ncnc2cc1OC)C(C)C.Cl.Cl. The molecular formula is C54H80Cl2N14O8. The van der Waals surface area contributed by atoms with Crippen molar-refractivity contribution >= 4 is 105 Å². The van der Waals surface area contributed by atoms with Gasteiger partial charge in [0.25, 0.3) is 0 Å². The van der Waals surface area contributed by atoms with E-state index in [1.807, 2.05) is 39.8 Å².